The molecular weight excluding hydrogens is 302 g/mol. The van der Waals surface area contributed by atoms with Gasteiger partial charge in [-0.15, -0.1) is 5.10 Å². The molecule has 0 aliphatic rings. The molecule has 1 aromatic heterocycles. The summed E-state index contributed by atoms with van der Waals surface area (Å²) in [5.41, 5.74) is 0.865. The maximum absolute atomic E-state index is 10.6. The molecule has 2 rings (SSSR count). The second kappa shape index (κ2) is 5.58. The van der Waals surface area contributed by atoms with E-state index >= 15 is 0 Å². The van der Waals surface area contributed by atoms with Gasteiger partial charge >= 0.3 is 0 Å². The van der Waals surface area contributed by atoms with Crippen molar-refractivity contribution >= 4 is 27.3 Å². The Labute approximate surface area is 111 Å². The highest BCUT2D eigenvalue weighted by Crippen LogP contribution is 2.26. The molecule has 1 N–H and O–H groups in total. The first-order valence-electron chi connectivity index (χ1n) is 5.19. The second-order valence-electron chi connectivity index (χ2n) is 3.51. The Balaban J connectivity index is 1.95. The van der Waals surface area contributed by atoms with Crippen LogP contribution < -0.4 is 5.32 Å². The fraction of sp³-hybridized carbons (Fsp3) is 0.200. The molecule has 0 radical (unpaired) electrons. The Bertz CT molecular complexity index is 543. The monoisotopic (exact) mass is 311 g/mol. The summed E-state index contributed by atoms with van der Waals surface area (Å²) in [6, 6.07) is 4.60. The van der Waals surface area contributed by atoms with Crippen molar-refractivity contribution < 1.29 is 4.92 Å². The molecule has 1 aromatic carbocycles. The van der Waals surface area contributed by atoms with Gasteiger partial charge in [0, 0.05) is 35.0 Å². The zero-order chi connectivity index (χ0) is 13.0. The first kappa shape index (κ1) is 12.5. The average Bonchev–Trinajstić information content (AvgIpc) is 2.84. The van der Waals surface area contributed by atoms with E-state index in [0.29, 0.717) is 17.6 Å². The molecule has 0 amide bonds. The number of nitro benzene ring substituents is 1. The Morgan fingerprint density at radius 1 is 1.50 bits per heavy atom. The highest BCUT2D eigenvalue weighted by atomic mass is 79.9. The van der Waals surface area contributed by atoms with Crippen LogP contribution in [-0.2, 0) is 6.54 Å². The highest BCUT2D eigenvalue weighted by Gasteiger charge is 2.08. The number of hydrogen-bond acceptors (Lipinski definition) is 5. The third-order valence-electron chi connectivity index (χ3n) is 2.29. The van der Waals surface area contributed by atoms with Crippen LogP contribution in [0.25, 0.3) is 0 Å². The van der Waals surface area contributed by atoms with Gasteiger partial charge in [0.1, 0.15) is 0 Å². The lowest BCUT2D eigenvalue weighted by Gasteiger charge is -2.08. The highest BCUT2D eigenvalue weighted by molar-refractivity contribution is 9.10. The number of benzene rings is 1. The van der Waals surface area contributed by atoms with Gasteiger partial charge in [0.2, 0.25) is 0 Å². The molecule has 1 heterocycles. The number of halogens is 1. The quantitative estimate of drug-likeness (QED) is 0.674. The van der Waals surface area contributed by atoms with Crippen LogP contribution in [0.15, 0.2) is 35.1 Å². The van der Waals surface area contributed by atoms with Crippen molar-refractivity contribution in [2.75, 3.05) is 11.9 Å². The SMILES string of the molecule is O=[N+]([O-])c1ccc(NCCn2ccnn2)c(Br)c1. The van der Waals surface area contributed by atoms with Gasteiger partial charge in [-0.1, -0.05) is 5.21 Å². The summed E-state index contributed by atoms with van der Waals surface area (Å²) in [5, 5.41) is 21.3. The van der Waals surface area contributed by atoms with Crippen LogP contribution in [0, 0.1) is 10.1 Å². The Morgan fingerprint density at radius 2 is 2.33 bits per heavy atom. The van der Waals surface area contributed by atoms with Gasteiger partial charge in [0.25, 0.3) is 5.69 Å². The molecule has 0 saturated carbocycles. The van der Waals surface area contributed by atoms with Gasteiger partial charge in [0.15, 0.2) is 0 Å². The normalized spacial score (nSPS) is 10.3. The van der Waals surface area contributed by atoms with Gasteiger partial charge in [0.05, 0.1) is 17.7 Å². The summed E-state index contributed by atoms with van der Waals surface area (Å²) in [4.78, 5) is 10.2. The number of nitrogens with one attached hydrogen (secondary N) is 1. The standard InChI is InChI=1S/C10H10BrN5O2/c11-9-7-8(16(17)18)1-2-10(9)12-3-5-15-6-4-13-14-15/h1-2,4,6-7,12H,3,5H2. The Hall–Kier alpha value is -1.96. The third-order valence-corrected chi connectivity index (χ3v) is 2.95. The van der Waals surface area contributed by atoms with E-state index in [0.717, 1.165) is 5.69 Å². The molecule has 7 nitrogen and oxygen atoms in total. The molecule has 0 fully saturated rings. The lowest BCUT2D eigenvalue weighted by molar-refractivity contribution is -0.384. The average molecular weight is 312 g/mol. The Morgan fingerprint density at radius 3 is 2.94 bits per heavy atom. The molecule has 0 aliphatic heterocycles. The smallest absolute Gasteiger partial charge is 0.270 e. The van der Waals surface area contributed by atoms with Crippen LogP contribution in [-0.4, -0.2) is 26.5 Å². The minimum Gasteiger partial charge on any atom is -0.382 e. The summed E-state index contributed by atoms with van der Waals surface area (Å²) in [6.07, 6.45) is 3.38. The van der Waals surface area contributed by atoms with Gasteiger partial charge in [-0.3, -0.25) is 14.8 Å². The van der Waals surface area contributed by atoms with E-state index in [1.165, 1.54) is 12.1 Å². The molecule has 18 heavy (non-hydrogen) atoms. The van der Waals surface area contributed by atoms with E-state index in [1.807, 2.05) is 0 Å². The van der Waals surface area contributed by atoms with Crippen molar-refractivity contribution in [2.24, 2.45) is 0 Å². The number of non-ortho nitro benzene ring substituents is 1. The molecule has 0 aliphatic carbocycles. The van der Waals surface area contributed by atoms with E-state index < -0.39 is 4.92 Å². The third kappa shape index (κ3) is 3.04. The number of aromatic nitrogens is 3. The summed E-state index contributed by atoms with van der Waals surface area (Å²) in [6.45, 7) is 1.32. The number of hydrogen-bond donors (Lipinski definition) is 1. The van der Waals surface area contributed by atoms with Crippen LogP contribution in [0.4, 0.5) is 11.4 Å². The molecule has 0 unspecified atom stereocenters. The zero-order valence-corrected chi connectivity index (χ0v) is 10.9. The molecule has 2 aromatic rings. The second-order valence-corrected chi connectivity index (χ2v) is 4.37. The maximum Gasteiger partial charge on any atom is 0.270 e. The fourth-order valence-corrected chi connectivity index (χ4v) is 1.92. The van der Waals surface area contributed by atoms with Crippen LogP contribution in [0.2, 0.25) is 0 Å². The minimum atomic E-state index is -0.427. The molecule has 94 valence electrons. The summed E-state index contributed by atoms with van der Waals surface area (Å²) < 4.78 is 2.36. The Kier molecular flexibility index (Phi) is 3.88. The fourth-order valence-electron chi connectivity index (χ4n) is 1.42. The van der Waals surface area contributed by atoms with E-state index in [4.69, 9.17) is 0 Å². The number of nitro groups is 1. The van der Waals surface area contributed by atoms with Gasteiger partial charge in [-0.2, -0.15) is 0 Å². The summed E-state index contributed by atoms with van der Waals surface area (Å²) in [7, 11) is 0. The van der Waals surface area contributed by atoms with Gasteiger partial charge in [-0.05, 0) is 22.0 Å². The lowest BCUT2D eigenvalue weighted by Crippen LogP contribution is -2.11. The molecule has 0 spiro atoms. The van der Waals surface area contributed by atoms with Crippen molar-refractivity contribution in [1.82, 2.24) is 15.0 Å². The lowest BCUT2D eigenvalue weighted by atomic mass is 10.3. The predicted molar refractivity (Wildman–Crippen MR) is 69.3 cm³/mol. The topological polar surface area (TPSA) is 85.9 Å². The first-order chi connectivity index (χ1) is 8.66. The number of nitrogens with zero attached hydrogens (tertiary/aromatic N) is 4. The zero-order valence-electron chi connectivity index (χ0n) is 9.28. The molecule has 0 bridgehead atoms. The van der Waals surface area contributed by atoms with Crippen LogP contribution in [0.1, 0.15) is 0 Å². The number of anilines is 1. The van der Waals surface area contributed by atoms with Crippen molar-refractivity contribution in [1.29, 1.82) is 0 Å². The minimum absolute atomic E-state index is 0.0590. The number of rotatable bonds is 5. The molecular formula is C10H10BrN5O2. The summed E-state index contributed by atoms with van der Waals surface area (Å²) >= 11 is 3.29. The summed E-state index contributed by atoms with van der Waals surface area (Å²) in [5.74, 6) is 0. The van der Waals surface area contributed by atoms with Crippen LogP contribution >= 0.6 is 15.9 Å². The van der Waals surface area contributed by atoms with E-state index in [1.54, 1.807) is 23.1 Å². The largest absolute Gasteiger partial charge is 0.382 e. The van der Waals surface area contributed by atoms with Crippen LogP contribution in [0.3, 0.4) is 0 Å². The van der Waals surface area contributed by atoms with Gasteiger partial charge in [-0.25, -0.2) is 0 Å². The molecule has 8 heteroatoms. The predicted octanol–water partition coefficient (Wildman–Crippen LogP) is 2.06. The first-order valence-corrected chi connectivity index (χ1v) is 5.98. The van der Waals surface area contributed by atoms with E-state index in [2.05, 4.69) is 31.6 Å². The van der Waals surface area contributed by atoms with Crippen LogP contribution in [0.5, 0.6) is 0 Å². The van der Waals surface area contributed by atoms with Crippen molar-refractivity contribution in [3.8, 4) is 0 Å². The van der Waals surface area contributed by atoms with Crippen molar-refractivity contribution in [2.45, 2.75) is 6.54 Å². The van der Waals surface area contributed by atoms with E-state index in [-0.39, 0.29) is 5.69 Å². The van der Waals surface area contributed by atoms with Crippen molar-refractivity contribution in [3.63, 3.8) is 0 Å². The molecule has 0 saturated heterocycles. The van der Waals surface area contributed by atoms with Crippen molar-refractivity contribution in [3.05, 3.63) is 45.2 Å². The van der Waals surface area contributed by atoms with E-state index in [9.17, 15) is 10.1 Å². The maximum atomic E-state index is 10.6. The van der Waals surface area contributed by atoms with Gasteiger partial charge < -0.3 is 5.32 Å². The molecule has 0 atom stereocenters.